The molecule has 2 N–H and O–H groups in total. The van der Waals surface area contributed by atoms with E-state index in [1.165, 1.54) is 0 Å². The predicted molar refractivity (Wildman–Crippen MR) is 83.4 cm³/mol. The fraction of sp³-hybridized carbons (Fsp3) is 0.600. The van der Waals surface area contributed by atoms with Crippen LogP contribution >= 0.6 is 11.6 Å². The fourth-order valence-corrected chi connectivity index (χ4v) is 6.06. The van der Waals surface area contributed by atoms with Crippen molar-refractivity contribution >= 4 is 21.4 Å². The summed E-state index contributed by atoms with van der Waals surface area (Å²) in [6.45, 7) is 4.12. The van der Waals surface area contributed by atoms with Gasteiger partial charge in [0, 0.05) is 11.1 Å². The molecule has 0 spiro atoms. The highest BCUT2D eigenvalue weighted by atomic mass is 35.5. The van der Waals surface area contributed by atoms with Crippen molar-refractivity contribution in [3.8, 4) is 0 Å². The maximum atomic E-state index is 12.7. The third kappa shape index (κ3) is 3.35. The van der Waals surface area contributed by atoms with Crippen molar-refractivity contribution in [3.05, 3.63) is 34.9 Å². The average molecular weight is 316 g/mol. The summed E-state index contributed by atoms with van der Waals surface area (Å²) in [4.78, 5) is 0. The molecule has 0 bridgehead atoms. The fourth-order valence-electron chi connectivity index (χ4n) is 3.43. The number of rotatable bonds is 3. The molecule has 0 heterocycles. The van der Waals surface area contributed by atoms with Crippen molar-refractivity contribution < 1.29 is 8.42 Å². The minimum absolute atomic E-state index is 0.0240. The Bertz CT molecular complexity index is 561. The molecule has 1 aliphatic rings. The summed E-state index contributed by atoms with van der Waals surface area (Å²) >= 11 is 6.07. The van der Waals surface area contributed by atoms with Crippen LogP contribution in [0, 0.1) is 11.8 Å². The van der Waals surface area contributed by atoms with E-state index in [0.717, 1.165) is 12.8 Å². The summed E-state index contributed by atoms with van der Waals surface area (Å²) < 4.78 is 25.4. The molecule has 1 aliphatic carbocycles. The molecule has 1 saturated carbocycles. The van der Waals surface area contributed by atoms with E-state index in [1.807, 2.05) is 13.0 Å². The lowest BCUT2D eigenvalue weighted by Gasteiger charge is -2.37. The lowest BCUT2D eigenvalue weighted by molar-refractivity contribution is 0.271. The number of sulfone groups is 1. The first-order valence-corrected chi connectivity index (χ1v) is 9.11. The van der Waals surface area contributed by atoms with Crippen LogP contribution in [0.2, 0.25) is 5.02 Å². The lowest BCUT2D eigenvalue weighted by atomic mass is 9.80. The zero-order valence-electron chi connectivity index (χ0n) is 11.9. The topological polar surface area (TPSA) is 60.2 Å². The van der Waals surface area contributed by atoms with Gasteiger partial charge in [0.05, 0.1) is 11.0 Å². The summed E-state index contributed by atoms with van der Waals surface area (Å²) in [5, 5.41) is 0.0384. The van der Waals surface area contributed by atoms with Crippen LogP contribution in [-0.2, 0) is 15.6 Å². The molecule has 0 aliphatic heterocycles. The van der Waals surface area contributed by atoms with Crippen molar-refractivity contribution in [2.24, 2.45) is 17.6 Å². The van der Waals surface area contributed by atoms with Crippen molar-refractivity contribution in [1.29, 1.82) is 0 Å². The molecule has 1 aromatic rings. The number of benzene rings is 1. The minimum atomic E-state index is -3.29. The summed E-state index contributed by atoms with van der Waals surface area (Å²) in [5.74, 6) is 0.567. The molecule has 1 fully saturated rings. The Labute approximate surface area is 126 Å². The molecular formula is C15H22ClNO2S. The van der Waals surface area contributed by atoms with Crippen LogP contribution in [0.3, 0.4) is 0 Å². The highest BCUT2D eigenvalue weighted by Gasteiger charge is 2.40. The summed E-state index contributed by atoms with van der Waals surface area (Å²) in [6.07, 6.45) is 1.69. The van der Waals surface area contributed by atoms with Crippen LogP contribution in [0.15, 0.2) is 24.3 Å². The molecule has 112 valence electrons. The zero-order chi connectivity index (χ0) is 14.9. The summed E-state index contributed by atoms with van der Waals surface area (Å²) in [5.41, 5.74) is 6.78. The Morgan fingerprint density at radius 2 is 1.90 bits per heavy atom. The zero-order valence-corrected chi connectivity index (χ0v) is 13.5. The Morgan fingerprint density at radius 1 is 1.25 bits per heavy atom. The van der Waals surface area contributed by atoms with Gasteiger partial charge in [-0.05, 0) is 36.3 Å². The molecule has 0 amide bonds. The monoisotopic (exact) mass is 315 g/mol. The first-order valence-electron chi connectivity index (χ1n) is 7.02. The Balaban J connectivity index is 2.24. The van der Waals surface area contributed by atoms with Crippen LogP contribution in [0.1, 0.15) is 32.3 Å². The Morgan fingerprint density at radius 3 is 2.50 bits per heavy atom. The van der Waals surface area contributed by atoms with Crippen molar-refractivity contribution in [3.63, 3.8) is 0 Å². The average Bonchev–Trinajstić information content (AvgIpc) is 2.30. The van der Waals surface area contributed by atoms with Gasteiger partial charge in [-0.3, -0.25) is 0 Å². The van der Waals surface area contributed by atoms with Gasteiger partial charge in [-0.1, -0.05) is 43.6 Å². The van der Waals surface area contributed by atoms with E-state index in [4.69, 9.17) is 17.3 Å². The van der Waals surface area contributed by atoms with E-state index in [9.17, 15) is 8.42 Å². The summed E-state index contributed by atoms with van der Waals surface area (Å²) in [7, 11) is -3.29. The van der Waals surface area contributed by atoms with Gasteiger partial charge in [0.1, 0.15) is 0 Å². The Kier molecular flexibility index (Phi) is 4.77. The highest BCUT2D eigenvalue weighted by molar-refractivity contribution is 7.91. The van der Waals surface area contributed by atoms with Crippen LogP contribution in [0.5, 0.6) is 0 Å². The van der Waals surface area contributed by atoms with Gasteiger partial charge in [0.15, 0.2) is 9.84 Å². The minimum Gasteiger partial charge on any atom is -0.327 e. The largest absolute Gasteiger partial charge is 0.327 e. The van der Waals surface area contributed by atoms with Crippen molar-refractivity contribution in [2.45, 2.75) is 43.7 Å². The smallest absolute Gasteiger partial charge is 0.159 e. The molecule has 0 saturated heterocycles. The number of halogens is 1. The van der Waals surface area contributed by atoms with Gasteiger partial charge >= 0.3 is 0 Å². The van der Waals surface area contributed by atoms with Gasteiger partial charge in [-0.15, -0.1) is 0 Å². The van der Waals surface area contributed by atoms with E-state index < -0.39 is 15.1 Å². The third-order valence-electron chi connectivity index (χ3n) is 4.16. The van der Waals surface area contributed by atoms with E-state index in [2.05, 4.69) is 6.92 Å². The number of nitrogens with two attached hydrogens (primary N) is 1. The van der Waals surface area contributed by atoms with Crippen LogP contribution in [0.4, 0.5) is 0 Å². The Hall–Kier alpha value is -0.580. The lowest BCUT2D eigenvalue weighted by Crippen LogP contribution is -2.49. The van der Waals surface area contributed by atoms with E-state index in [-0.39, 0.29) is 17.7 Å². The quantitative estimate of drug-likeness (QED) is 0.932. The maximum Gasteiger partial charge on any atom is 0.159 e. The molecule has 2 rings (SSSR count). The maximum absolute atomic E-state index is 12.7. The van der Waals surface area contributed by atoms with E-state index in [0.29, 0.717) is 16.5 Å². The molecule has 0 radical (unpaired) electrons. The third-order valence-corrected chi connectivity index (χ3v) is 6.89. The van der Waals surface area contributed by atoms with Crippen molar-refractivity contribution in [1.82, 2.24) is 0 Å². The van der Waals surface area contributed by atoms with Gasteiger partial charge < -0.3 is 5.73 Å². The number of hydrogen-bond donors (Lipinski definition) is 1. The second-order valence-corrected chi connectivity index (χ2v) is 8.65. The second-order valence-electron chi connectivity index (χ2n) is 6.08. The van der Waals surface area contributed by atoms with Gasteiger partial charge in [0.25, 0.3) is 0 Å². The van der Waals surface area contributed by atoms with Crippen molar-refractivity contribution in [2.75, 3.05) is 0 Å². The molecule has 5 heteroatoms. The van der Waals surface area contributed by atoms with Crippen LogP contribution in [-0.4, -0.2) is 19.7 Å². The molecule has 3 nitrogen and oxygen atoms in total. The second kappa shape index (κ2) is 6.04. The van der Waals surface area contributed by atoms with Gasteiger partial charge in [-0.2, -0.15) is 0 Å². The van der Waals surface area contributed by atoms with Gasteiger partial charge in [0.2, 0.25) is 0 Å². The van der Waals surface area contributed by atoms with Crippen LogP contribution in [0.25, 0.3) is 0 Å². The molecule has 1 aromatic carbocycles. The first-order chi connectivity index (χ1) is 9.31. The normalized spacial score (nSPS) is 31.2. The SMILES string of the molecule is CC1CC(C)C(S(=O)(=O)Cc2ccccc2Cl)C(N)C1. The molecule has 0 aromatic heterocycles. The summed E-state index contributed by atoms with van der Waals surface area (Å²) in [6, 6.07) is 6.82. The number of hydrogen-bond acceptors (Lipinski definition) is 3. The van der Waals surface area contributed by atoms with E-state index in [1.54, 1.807) is 18.2 Å². The van der Waals surface area contributed by atoms with E-state index >= 15 is 0 Å². The predicted octanol–water partition coefficient (Wildman–Crippen LogP) is 3.02. The molecular weight excluding hydrogens is 294 g/mol. The molecule has 4 unspecified atom stereocenters. The van der Waals surface area contributed by atoms with Gasteiger partial charge in [-0.25, -0.2) is 8.42 Å². The van der Waals surface area contributed by atoms with Crippen LogP contribution < -0.4 is 5.73 Å². The molecule has 20 heavy (non-hydrogen) atoms. The molecule has 4 atom stereocenters. The standard InChI is InChI=1S/C15H22ClNO2S/c1-10-7-11(2)15(14(17)8-10)20(18,19)9-12-5-3-4-6-13(12)16/h3-6,10-11,14-15H,7-9,17H2,1-2H3. The first kappa shape index (κ1) is 15.8. The highest BCUT2D eigenvalue weighted by Crippen LogP contribution is 2.34.